The first-order valence-corrected chi connectivity index (χ1v) is 9.75. The molecule has 0 bridgehead atoms. The number of anilines is 1. The van der Waals surface area contributed by atoms with E-state index in [1.165, 1.54) is 16.2 Å². The molecule has 124 valence electrons. The van der Waals surface area contributed by atoms with E-state index in [-0.39, 0.29) is 5.57 Å². The third kappa shape index (κ3) is 3.92. The summed E-state index contributed by atoms with van der Waals surface area (Å²) in [6, 6.07) is 11.7. The van der Waals surface area contributed by atoms with Crippen LogP contribution in [0.2, 0.25) is 0 Å². The fraction of sp³-hybridized carbons (Fsp3) is 0.211. The van der Waals surface area contributed by atoms with E-state index in [9.17, 15) is 15.3 Å². The predicted octanol–water partition coefficient (Wildman–Crippen LogP) is 4.65. The molecule has 1 aromatic carbocycles. The van der Waals surface area contributed by atoms with E-state index in [1.54, 1.807) is 6.08 Å². The van der Waals surface area contributed by atoms with Gasteiger partial charge in [-0.05, 0) is 77.6 Å². The van der Waals surface area contributed by atoms with Crippen LogP contribution in [-0.4, -0.2) is 5.91 Å². The number of carbonyl (C=O) groups is 1. The normalized spacial score (nSPS) is 13.5. The molecule has 0 fully saturated rings. The van der Waals surface area contributed by atoms with Gasteiger partial charge in [-0.25, -0.2) is 0 Å². The number of nitrogens with one attached hydrogen (secondary N) is 1. The molecule has 0 saturated carbocycles. The van der Waals surface area contributed by atoms with Gasteiger partial charge in [0.25, 0.3) is 5.91 Å². The van der Waals surface area contributed by atoms with Gasteiger partial charge in [-0.2, -0.15) is 10.5 Å². The highest BCUT2D eigenvalue weighted by atomic mass is 127. The fourth-order valence-electron chi connectivity index (χ4n) is 2.82. The Hall–Kier alpha value is -2.16. The third-order valence-corrected chi connectivity index (χ3v) is 5.98. The second kappa shape index (κ2) is 7.81. The summed E-state index contributed by atoms with van der Waals surface area (Å²) in [6.45, 7) is 0. The first kappa shape index (κ1) is 17.7. The zero-order valence-electron chi connectivity index (χ0n) is 13.3. The van der Waals surface area contributed by atoms with Crippen molar-refractivity contribution in [1.29, 1.82) is 10.5 Å². The molecular weight excluding hydrogens is 445 g/mol. The largest absolute Gasteiger partial charge is 0.312 e. The zero-order chi connectivity index (χ0) is 17.8. The standard InChI is InChI=1S/C19H14IN3OS/c20-14-7-5-12(6-8-14)9-13(10-21)18(24)23-19-16(11-22)15-3-1-2-4-17(15)25-19/h5-9H,1-4H2,(H,23,24)/b13-9+. The summed E-state index contributed by atoms with van der Waals surface area (Å²) in [5.41, 5.74) is 2.43. The number of aryl methyl sites for hydroxylation is 1. The molecule has 0 spiro atoms. The molecule has 0 saturated heterocycles. The Balaban J connectivity index is 1.86. The van der Waals surface area contributed by atoms with Gasteiger partial charge in [0.05, 0.1) is 5.56 Å². The lowest BCUT2D eigenvalue weighted by Gasteiger charge is -2.09. The maximum absolute atomic E-state index is 12.5. The highest BCUT2D eigenvalue weighted by Gasteiger charge is 2.22. The Morgan fingerprint density at radius 3 is 2.60 bits per heavy atom. The van der Waals surface area contributed by atoms with Crippen LogP contribution in [0.3, 0.4) is 0 Å². The molecular formula is C19H14IN3OS. The Morgan fingerprint density at radius 2 is 1.92 bits per heavy atom. The molecule has 1 aliphatic rings. The Bertz CT molecular complexity index is 929. The highest BCUT2D eigenvalue weighted by molar-refractivity contribution is 14.1. The van der Waals surface area contributed by atoms with Gasteiger partial charge in [-0.1, -0.05) is 12.1 Å². The van der Waals surface area contributed by atoms with Gasteiger partial charge < -0.3 is 5.32 Å². The smallest absolute Gasteiger partial charge is 0.266 e. The van der Waals surface area contributed by atoms with Crippen molar-refractivity contribution in [2.75, 3.05) is 5.32 Å². The van der Waals surface area contributed by atoms with Gasteiger partial charge in [0.1, 0.15) is 22.7 Å². The van der Waals surface area contributed by atoms with Crippen molar-refractivity contribution in [1.82, 2.24) is 0 Å². The monoisotopic (exact) mass is 459 g/mol. The van der Waals surface area contributed by atoms with Crippen molar-refractivity contribution in [3.63, 3.8) is 0 Å². The number of carbonyl (C=O) groups excluding carboxylic acids is 1. The Kier molecular flexibility index (Phi) is 5.52. The maximum Gasteiger partial charge on any atom is 0.266 e. The SMILES string of the molecule is N#C/C(=C\c1ccc(I)cc1)C(=O)Nc1sc2c(c1C#N)CCCC2. The van der Waals surface area contributed by atoms with E-state index in [4.69, 9.17) is 0 Å². The number of hydrogen-bond acceptors (Lipinski definition) is 4. The number of halogens is 1. The van der Waals surface area contributed by atoms with E-state index in [1.807, 2.05) is 30.3 Å². The lowest BCUT2D eigenvalue weighted by atomic mass is 9.96. The number of nitrogens with zero attached hydrogens (tertiary/aromatic N) is 2. The molecule has 0 atom stereocenters. The van der Waals surface area contributed by atoms with E-state index < -0.39 is 5.91 Å². The van der Waals surface area contributed by atoms with Crippen LogP contribution < -0.4 is 5.32 Å². The van der Waals surface area contributed by atoms with Crippen LogP contribution >= 0.6 is 33.9 Å². The third-order valence-electron chi connectivity index (χ3n) is 4.06. The molecule has 0 unspecified atom stereocenters. The van der Waals surface area contributed by atoms with E-state index in [0.717, 1.165) is 40.4 Å². The van der Waals surface area contributed by atoms with Crippen LogP contribution in [0.1, 0.15) is 34.4 Å². The zero-order valence-corrected chi connectivity index (χ0v) is 16.3. The van der Waals surface area contributed by atoms with Gasteiger partial charge in [0, 0.05) is 8.45 Å². The second-order valence-electron chi connectivity index (χ2n) is 5.70. The molecule has 1 heterocycles. The molecule has 3 rings (SSSR count). The topological polar surface area (TPSA) is 76.7 Å². The lowest BCUT2D eigenvalue weighted by Crippen LogP contribution is -2.13. The molecule has 2 aromatic rings. The first-order valence-electron chi connectivity index (χ1n) is 7.85. The van der Waals surface area contributed by atoms with Crippen LogP contribution in [0, 0.1) is 26.2 Å². The number of rotatable bonds is 3. The molecule has 0 aliphatic heterocycles. The van der Waals surface area contributed by atoms with Gasteiger partial charge in [-0.3, -0.25) is 4.79 Å². The van der Waals surface area contributed by atoms with E-state index in [2.05, 4.69) is 34.0 Å². The number of fused-ring (bicyclic) bond motifs is 1. The fourth-order valence-corrected chi connectivity index (χ4v) is 4.41. The van der Waals surface area contributed by atoms with Gasteiger partial charge >= 0.3 is 0 Å². The van der Waals surface area contributed by atoms with Crippen LogP contribution in [0.15, 0.2) is 29.8 Å². The van der Waals surface area contributed by atoms with E-state index in [0.29, 0.717) is 10.6 Å². The summed E-state index contributed by atoms with van der Waals surface area (Å²) in [6.07, 6.45) is 5.58. The summed E-state index contributed by atoms with van der Waals surface area (Å²) >= 11 is 3.66. The Labute approximate surface area is 163 Å². The average molecular weight is 459 g/mol. The molecule has 1 aromatic heterocycles. The molecule has 4 nitrogen and oxygen atoms in total. The second-order valence-corrected chi connectivity index (χ2v) is 8.05. The summed E-state index contributed by atoms with van der Waals surface area (Å²) < 4.78 is 1.08. The summed E-state index contributed by atoms with van der Waals surface area (Å²) in [4.78, 5) is 13.7. The van der Waals surface area contributed by atoms with Crippen molar-refractivity contribution in [3.05, 3.63) is 55.0 Å². The van der Waals surface area contributed by atoms with Crippen LogP contribution in [0.4, 0.5) is 5.00 Å². The Morgan fingerprint density at radius 1 is 1.20 bits per heavy atom. The molecule has 1 amide bonds. The lowest BCUT2D eigenvalue weighted by molar-refractivity contribution is -0.112. The van der Waals surface area contributed by atoms with Crippen molar-refractivity contribution in [3.8, 4) is 12.1 Å². The van der Waals surface area contributed by atoms with Crippen LogP contribution in [0.5, 0.6) is 0 Å². The quantitative estimate of drug-likeness (QED) is 0.413. The average Bonchev–Trinajstić information content (AvgIpc) is 2.98. The van der Waals surface area contributed by atoms with Crippen molar-refractivity contribution < 1.29 is 4.79 Å². The molecule has 1 N–H and O–H groups in total. The van der Waals surface area contributed by atoms with Crippen molar-refractivity contribution in [2.45, 2.75) is 25.7 Å². The minimum absolute atomic E-state index is 0.0245. The van der Waals surface area contributed by atoms with Crippen LogP contribution in [0.25, 0.3) is 6.08 Å². The minimum atomic E-state index is -0.476. The van der Waals surface area contributed by atoms with E-state index >= 15 is 0 Å². The number of thiophene rings is 1. The summed E-state index contributed by atoms with van der Waals surface area (Å²) in [5, 5.41) is 22.1. The molecule has 25 heavy (non-hydrogen) atoms. The van der Waals surface area contributed by atoms with Gasteiger partial charge in [0.2, 0.25) is 0 Å². The number of benzene rings is 1. The molecule has 0 radical (unpaired) electrons. The molecule has 6 heteroatoms. The maximum atomic E-state index is 12.5. The van der Waals surface area contributed by atoms with Gasteiger partial charge in [-0.15, -0.1) is 11.3 Å². The summed E-state index contributed by atoms with van der Waals surface area (Å²) in [7, 11) is 0. The van der Waals surface area contributed by atoms with Crippen molar-refractivity contribution in [2.24, 2.45) is 0 Å². The summed E-state index contributed by atoms with van der Waals surface area (Å²) in [5.74, 6) is -0.476. The first-order chi connectivity index (χ1) is 12.1. The molecule has 1 aliphatic carbocycles. The number of amides is 1. The van der Waals surface area contributed by atoms with Crippen LogP contribution in [-0.2, 0) is 17.6 Å². The number of nitriles is 2. The van der Waals surface area contributed by atoms with Crippen molar-refractivity contribution >= 4 is 50.9 Å². The minimum Gasteiger partial charge on any atom is -0.312 e. The van der Waals surface area contributed by atoms with Gasteiger partial charge in [0.15, 0.2) is 0 Å². The number of hydrogen-bond donors (Lipinski definition) is 1. The highest BCUT2D eigenvalue weighted by Crippen LogP contribution is 2.37. The predicted molar refractivity (Wildman–Crippen MR) is 107 cm³/mol.